The number of fused-ring (bicyclic) bond motifs is 1. The van der Waals surface area contributed by atoms with Crippen LogP contribution in [0, 0.1) is 0 Å². The summed E-state index contributed by atoms with van der Waals surface area (Å²) in [5.41, 5.74) is 6.58. The van der Waals surface area contributed by atoms with Crippen molar-refractivity contribution >= 4 is 28.2 Å². The van der Waals surface area contributed by atoms with E-state index in [2.05, 4.69) is 0 Å². The van der Waals surface area contributed by atoms with E-state index < -0.39 is 5.56 Å². The van der Waals surface area contributed by atoms with Crippen LogP contribution in [-0.2, 0) is 6.54 Å². The number of para-hydroxylation sites is 1. The molecule has 0 aliphatic carbocycles. The minimum absolute atomic E-state index is 0.152. The highest BCUT2D eigenvalue weighted by molar-refractivity contribution is 6.31. The van der Waals surface area contributed by atoms with Crippen LogP contribution < -0.4 is 11.3 Å². The van der Waals surface area contributed by atoms with Crippen LogP contribution in [0.2, 0.25) is 5.02 Å². The smallest absolute Gasteiger partial charge is 0.278 e. The average molecular weight is 301 g/mol. The van der Waals surface area contributed by atoms with Gasteiger partial charge in [0.1, 0.15) is 5.69 Å². The number of rotatable bonds is 2. The standard InChI is InChI=1S/C16H13ClN2O2/c17-12-7-3-1-5-10(12)9-19-13-8-4-2-6-11(13)15(20)14(18)16(19)21/h1-8,20H,9,18H2. The summed E-state index contributed by atoms with van der Waals surface area (Å²) in [5.74, 6) is -0.175. The maximum atomic E-state index is 12.4. The Morgan fingerprint density at radius 1 is 1.10 bits per heavy atom. The van der Waals surface area contributed by atoms with E-state index in [0.29, 0.717) is 22.5 Å². The number of aromatic nitrogens is 1. The van der Waals surface area contributed by atoms with Gasteiger partial charge in [0.15, 0.2) is 5.75 Å². The monoisotopic (exact) mass is 300 g/mol. The molecule has 0 spiro atoms. The molecule has 0 aliphatic heterocycles. The molecule has 3 rings (SSSR count). The topological polar surface area (TPSA) is 68.2 Å². The highest BCUT2D eigenvalue weighted by atomic mass is 35.5. The fourth-order valence-corrected chi connectivity index (χ4v) is 2.56. The fourth-order valence-electron chi connectivity index (χ4n) is 2.36. The van der Waals surface area contributed by atoms with Crippen molar-refractivity contribution in [2.24, 2.45) is 0 Å². The fraction of sp³-hybridized carbons (Fsp3) is 0.0625. The molecule has 0 atom stereocenters. The van der Waals surface area contributed by atoms with Gasteiger partial charge in [-0.1, -0.05) is 41.9 Å². The number of hydrogen-bond donors (Lipinski definition) is 2. The van der Waals surface area contributed by atoms with Gasteiger partial charge in [0, 0.05) is 10.4 Å². The van der Waals surface area contributed by atoms with E-state index >= 15 is 0 Å². The first kappa shape index (κ1) is 13.5. The lowest BCUT2D eigenvalue weighted by Gasteiger charge is -2.14. The van der Waals surface area contributed by atoms with Crippen LogP contribution in [0.1, 0.15) is 5.56 Å². The van der Waals surface area contributed by atoms with Crippen molar-refractivity contribution in [2.75, 3.05) is 5.73 Å². The molecule has 0 unspecified atom stereocenters. The lowest BCUT2D eigenvalue weighted by molar-refractivity contribution is 0.482. The first-order chi connectivity index (χ1) is 10.1. The molecule has 0 amide bonds. The molecule has 4 nitrogen and oxygen atoms in total. The number of nitrogen functional groups attached to an aromatic ring is 1. The molecule has 1 heterocycles. The molecule has 106 valence electrons. The molecule has 3 N–H and O–H groups in total. The average Bonchev–Trinajstić information content (AvgIpc) is 2.51. The summed E-state index contributed by atoms with van der Waals surface area (Å²) in [6, 6.07) is 14.4. The van der Waals surface area contributed by atoms with Gasteiger partial charge in [0.05, 0.1) is 12.1 Å². The first-order valence-corrected chi connectivity index (χ1v) is 6.81. The summed E-state index contributed by atoms with van der Waals surface area (Å²) in [7, 11) is 0. The largest absolute Gasteiger partial charge is 0.505 e. The Kier molecular flexibility index (Phi) is 3.31. The third-order valence-electron chi connectivity index (χ3n) is 3.47. The molecule has 0 fully saturated rings. The van der Waals surface area contributed by atoms with Crippen LogP contribution in [0.4, 0.5) is 5.69 Å². The van der Waals surface area contributed by atoms with E-state index in [-0.39, 0.29) is 11.4 Å². The predicted octanol–water partition coefficient (Wildman–Crippen LogP) is 2.99. The molecule has 1 aromatic heterocycles. The summed E-state index contributed by atoms with van der Waals surface area (Å²) in [4.78, 5) is 12.4. The van der Waals surface area contributed by atoms with E-state index in [9.17, 15) is 9.90 Å². The molecule has 0 aliphatic rings. The van der Waals surface area contributed by atoms with Crippen LogP contribution in [-0.4, -0.2) is 9.67 Å². The van der Waals surface area contributed by atoms with Crippen molar-refractivity contribution in [3.63, 3.8) is 0 Å². The molecule has 21 heavy (non-hydrogen) atoms. The van der Waals surface area contributed by atoms with Crippen LogP contribution in [0.25, 0.3) is 10.9 Å². The van der Waals surface area contributed by atoms with Crippen molar-refractivity contribution in [3.8, 4) is 5.75 Å². The Hall–Kier alpha value is -2.46. The Morgan fingerprint density at radius 2 is 1.76 bits per heavy atom. The van der Waals surface area contributed by atoms with Gasteiger partial charge in [0.25, 0.3) is 5.56 Å². The van der Waals surface area contributed by atoms with Gasteiger partial charge in [-0.05, 0) is 23.8 Å². The zero-order valence-electron chi connectivity index (χ0n) is 11.1. The number of anilines is 1. The summed E-state index contributed by atoms with van der Waals surface area (Å²) in [6.07, 6.45) is 0. The van der Waals surface area contributed by atoms with Gasteiger partial charge in [-0.15, -0.1) is 0 Å². The predicted molar refractivity (Wildman–Crippen MR) is 84.8 cm³/mol. The van der Waals surface area contributed by atoms with Crippen LogP contribution >= 0.6 is 11.6 Å². The number of pyridine rings is 1. The van der Waals surface area contributed by atoms with Gasteiger partial charge in [0.2, 0.25) is 0 Å². The third kappa shape index (κ3) is 2.23. The molecule has 3 aromatic rings. The van der Waals surface area contributed by atoms with Gasteiger partial charge in [-0.2, -0.15) is 0 Å². The van der Waals surface area contributed by atoms with E-state index in [1.54, 1.807) is 30.3 Å². The molecule has 2 aromatic carbocycles. The Labute approximate surface area is 126 Å². The number of halogens is 1. The Bertz CT molecular complexity index is 887. The normalized spacial score (nSPS) is 10.9. The number of nitrogens with zero attached hydrogens (tertiary/aromatic N) is 1. The maximum absolute atomic E-state index is 12.4. The Morgan fingerprint density at radius 3 is 2.52 bits per heavy atom. The molecule has 0 bridgehead atoms. The summed E-state index contributed by atoms with van der Waals surface area (Å²) in [5, 5.41) is 11.1. The second kappa shape index (κ2) is 5.14. The van der Waals surface area contributed by atoms with Crippen LogP contribution in [0.15, 0.2) is 53.3 Å². The lowest BCUT2D eigenvalue weighted by atomic mass is 10.1. The van der Waals surface area contributed by atoms with Crippen molar-refractivity contribution in [2.45, 2.75) is 6.54 Å². The molecule has 0 radical (unpaired) electrons. The Balaban J connectivity index is 2.28. The van der Waals surface area contributed by atoms with Crippen molar-refractivity contribution < 1.29 is 5.11 Å². The van der Waals surface area contributed by atoms with Crippen LogP contribution in [0.5, 0.6) is 5.75 Å². The van der Waals surface area contributed by atoms with E-state index in [1.807, 2.05) is 18.2 Å². The highest BCUT2D eigenvalue weighted by Gasteiger charge is 2.14. The van der Waals surface area contributed by atoms with E-state index in [4.69, 9.17) is 17.3 Å². The van der Waals surface area contributed by atoms with Crippen molar-refractivity contribution in [3.05, 3.63) is 69.5 Å². The molecule has 0 saturated carbocycles. The summed E-state index contributed by atoms with van der Waals surface area (Å²) >= 11 is 6.15. The third-order valence-corrected chi connectivity index (χ3v) is 3.84. The van der Waals surface area contributed by atoms with Gasteiger partial charge >= 0.3 is 0 Å². The van der Waals surface area contributed by atoms with E-state index in [0.717, 1.165) is 5.56 Å². The molecular weight excluding hydrogens is 288 g/mol. The molecular formula is C16H13ClN2O2. The quantitative estimate of drug-likeness (QED) is 0.764. The summed E-state index contributed by atoms with van der Waals surface area (Å²) < 4.78 is 1.52. The second-order valence-corrected chi connectivity index (χ2v) is 5.17. The lowest BCUT2D eigenvalue weighted by Crippen LogP contribution is -2.24. The van der Waals surface area contributed by atoms with Crippen LogP contribution in [0.3, 0.4) is 0 Å². The minimum Gasteiger partial charge on any atom is -0.505 e. The number of aromatic hydroxyl groups is 1. The molecule has 5 heteroatoms. The number of nitrogens with two attached hydrogens (primary N) is 1. The second-order valence-electron chi connectivity index (χ2n) is 4.76. The molecule has 0 saturated heterocycles. The maximum Gasteiger partial charge on any atom is 0.278 e. The first-order valence-electron chi connectivity index (χ1n) is 6.43. The number of benzene rings is 2. The van der Waals surface area contributed by atoms with Gasteiger partial charge in [-0.25, -0.2) is 0 Å². The van der Waals surface area contributed by atoms with Crippen molar-refractivity contribution in [1.82, 2.24) is 4.57 Å². The number of hydrogen-bond acceptors (Lipinski definition) is 3. The van der Waals surface area contributed by atoms with Gasteiger partial charge in [-0.3, -0.25) is 4.79 Å². The zero-order valence-corrected chi connectivity index (χ0v) is 11.8. The SMILES string of the molecule is Nc1c(O)c2ccccc2n(Cc2ccccc2Cl)c1=O. The van der Waals surface area contributed by atoms with Crippen molar-refractivity contribution in [1.29, 1.82) is 0 Å². The van der Waals surface area contributed by atoms with Gasteiger partial charge < -0.3 is 15.4 Å². The highest BCUT2D eigenvalue weighted by Crippen LogP contribution is 2.28. The van der Waals surface area contributed by atoms with E-state index in [1.165, 1.54) is 4.57 Å². The summed E-state index contributed by atoms with van der Waals surface area (Å²) in [6.45, 7) is 0.295. The minimum atomic E-state index is -0.425. The zero-order chi connectivity index (χ0) is 15.0.